The third-order valence-electron chi connectivity index (χ3n) is 8.96. The van der Waals surface area contributed by atoms with Crippen molar-refractivity contribution in [2.75, 3.05) is 50.3 Å². The smallest absolute Gasteiger partial charge is 0.393 e. The number of anilines is 2. The van der Waals surface area contributed by atoms with Crippen LogP contribution in [0.3, 0.4) is 0 Å². The van der Waals surface area contributed by atoms with Gasteiger partial charge in [0.2, 0.25) is 16.9 Å². The number of benzene rings is 2. The summed E-state index contributed by atoms with van der Waals surface area (Å²) in [6.45, 7) is 2.75. The van der Waals surface area contributed by atoms with Crippen molar-refractivity contribution >= 4 is 42.8 Å². The van der Waals surface area contributed by atoms with Gasteiger partial charge >= 0.3 is 6.18 Å². The standard InChI is InChI=1S/C32H36F4N4O4S2/c33-20-44-28-14-23(46(37,41)42)11-12-26(28)38-13-3-8-29-25(15-32(34,35)36)24-6-2-7-27(30(24)45-29)39-21-4-1-5-22(10-9-21)40-16-31(17-40)18-43-19-31/h2,6-7,11-12,14,21-22,38-39H,1,4-5,9-10,13,15-20H2,(H2,37,41,42). The van der Waals surface area contributed by atoms with Gasteiger partial charge in [-0.25, -0.2) is 17.9 Å². The molecule has 0 amide bonds. The highest BCUT2D eigenvalue weighted by Gasteiger charge is 2.50. The molecule has 3 aromatic rings. The lowest BCUT2D eigenvalue weighted by atomic mass is 9.76. The summed E-state index contributed by atoms with van der Waals surface area (Å²) in [7, 11) is -4.04. The van der Waals surface area contributed by atoms with Crippen LogP contribution in [0.25, 0.3) is 10.1 Å². The van der Waals surface area contributed by atoms with E-state index in [9.17, 15) is 26.0 Å². The van der Waals surface area contributed by atoms with Crippen LogP contribution < -0.4 is 20.5 Å². The van der Waals surface area contributed by atoms with Crippen molar-refractivity contribution in [2.45, 2.75) is 61.7 Å². The molecule has 2 aromatic carbocycles. The Morgan fingerprint density at radius 1 is 1.11 bits per heavy atom. The minimum absolute atomic E-state index is 0.0173. The number of sulfonamides is 1. The summed E-state index contributed by atoms with van der Waals surface area (Å²) in [5, 5.41) is 12.2. The van der Waals surface area contributed by atoms with E-state index in [1.54, 1.807) is 12.1 Å². The highest BCUT2D eigenvalue weighted by molar-refractivity contribution is 7.89. The van der Waals surface area contributed by atoms with Crippen LogP contribution in [0.2, 0.25) is 0 Å². The maximum atomic E-state index is 13.7. The molecule has 14 heteroatoms. The van der Waals surface area contributed by atoms with E-state index in [0.717, 1.165) is 74.9 Å². The number of fused-ring (bicyclic) bond motifs is 1. The zero-order valence-electron chi connectivity index (χ0n) is 25.1. The summed E-state index contributed by atoms with van der Waals surface area (Å²) in [4.78, 5) is 2.65. The number of hydrogen-bond donors (Lipinski definition) is 3. The van der Waals surface area contributed by atoms with Crippen LogP contribution in [-0.2, 0) is 21.2 Å². The molecule has 1 aromatic heterocycles. The van der Waals surface area contributed by atoms with Gasteiger partial charge in [-0.2, -0.15) is 13.2 Å². The van der Waals surface area contributed by atoms with Crippen LogP contribution in [0.1, 0.15) is 42.5 Å². The van der Waals surface area contributed by atoms with Crippen LogP contribution in [-0.4, -0.2) is 71.3 Å². The van der Waals surface area contributed by atoms with E-state index < -0.39 is 29.5 Å². The predicted octanol–water partition coefficient (Wildman–Crippen LogP) is 5.87. The Kier molecular flexibility index (Phi) is 9.42. The first-order valence-electron chi connectivity index (χ1n) is 15.2. The number of rotatable bonds is 9. The number of nitrogens with two attached hydrogens (primary N) is 1. The molecule has 2 unspecified atom stereocenters. The number of primary sulfonamides is 1. The number of likely N-dealkylation sites (tertiary alicyclic amines) is 1. The number of alkyl halides is 4. The summed E-state index contributed by atoms with van der Waals surface area (Å²) in [6, 6.07) is 9.89. The Labute approximate surface area is 269 Å². The normalized spacial score (nSPS) is 21.5. The average molecular weight is 681 g/mol. The molecule has 3 fully saturated rings. The zero-order valence-corrected chi connectivity index (χ0v) is 26.7. The Morgan fingerprint density at radius 2 is 1.91 bits per heavy atom. The molecule has 2 aliphatic heterocycles. The lowest BCUT2D eigenvalue weighted by Crippen LogP contribution is -2.67. The van der Waals surface area contributed by atoms with Crippen molar-refractivity contribution in [3.63, 3.8) is 0 Å². The second-order valence-corrected chi connectivity index (χ2v) is 15.0. The largest absolute Gasteiger partial charge is 0.461 e. The van der Waals surface area contributed by atoms with Gasteiger partial charge in [0.15, 0.2) is 0 Å². The van der Waals surface area contributed by atoms with E-state index in [2.05, 4.69) is 27.4 Å². The van der Waals surface area contributed by atoms with E-state index in [0.29, 0.717) is 21.7 Å². The summed E-state index contributed by atoms with van der Waals surface area (Å²) < 4.78 is 88.4. The van der Waals surface area contributed by atoms with Crippen LogP contribution in [0.4, 0.5) is 28.9 Å². The molecule has 248 valence electrons. The fourth-order valence-corrected chi connectivity index (χ4v) is 8.39. The van der Waals surface area contributed by atoms with Crippen LogP contribution in [0.15, 0.2) is 41.3 Å². The van der Waals surface area contributed by atoms with Gasteiger partial charge in [-0.3, -0.25) is 4.90 Å². The second kappa shape index (κ2) is 13.2. The van der Waals surface area contributed by atoms with E-state index in [4.69, 9.17) is 14.6 Å². The van der Waals surface area contributed by atoms with Crippen LogP contribution in [0.5, 0.6) is 5.75 Å². The number of halogens is 4. The lowest BCUT2D eigenvalue weighted by Gasteiger charge is -2.57. The number of hydrogen-bond acceptors (Lipinski definition) is 8. The molecule has 6 rings (SSSR count). The maximum absolute atomic E-state index is 13.7. The first-order chi connectivity index (χ1) is 21.9. The van der Waals surface area contributed by atoms with Gasteiger partial charge < -0.3 is 20.1 Å². The van der Waals surface area contributed by atoms with E-state index in [1.807, 2.05) is 6.07 Å². The molecule has 2 saturated heterocycles. The fourth-order valence-electron chi connectivity index (χ4n) is 6.69. The number of thiophene rings is 1. The third-order valence-corrected chi connectivity index (χ3v) is 11.1. The molecular formula is C32H36F4N4O4S2. The number of nitrogens with one attached hydrogen (secondary N) is 2. The molecule has 0 bridgehead atoms. The van der Waals surface area contributed by atoms with Gasteiger partial charge in [0, 0.05) is 36.7 Å². The van der Waals surface area contributed by atoms with Crippen molar-refractivity contribution in [2.24, 2.45) is 10.6 Å². The van der Waals surface area contributed by atoms with E-state index >= 15 is 0 Å². The van der Waals surface area contributed by atoms with Gasteiger partial charge in [-0.05, 0) is 61.3 Å². The van der Waals surface area contributed by atoms with Gasteiger partial charge in [0.1, 0.15) is 5.75 Å². The minimum Gasteiger partial charge on any atom is -0.461 e. The minimum atomic E-state index is -4.42. The van der Waals surface area contributed by atoms with Crippen LogP contribution in [0, 0.1) is 17.3 Å². The summed E-state index contributed by atoms with van der Waals surface area (Å²) in [6.07, 6.45) is -0.208. The average Bonchev–Trinajstić information content (AvgIpc) is 3.11. The van der Waals surface area contributed by atoms with Gasteiger partial charge in [-0.15, -0.1) is 11.3 Å². The molecule has 1 spiro atoms. The molecule has 1 saturated carbocycles. The predicted molar refractivity (Wildman–Crippen MR) is 170 cm³/mol. The van der Waals surface area contributed by atoms with Crippen molar-refractivity contribution in [1.29, 1.82) is 0 Å². The summed E-state index contributed by atoms with van der Waals surface area (Å²) in [5.41, 5.74) is 1.60. The first kappa shape index (κ1) is 32.8. The second-order valence-electron chi connectivity index (χ2n) is 12.4. The van der Waals surface area contributed by atoms with E-state index in [1.165, 1.54) is 23.5 Å². The summed E-state index contributed by atoms with van der Waals surface area (Å²) >= 11 is 1.24. The molecule has 46 heavy (non-hydrogen) atoms. The Balaban J connectivity index is 1.17. The van der Waals surface area contributed by atoms with Crippen LogP contribution >= 0.6 is 11.3 Å². The van der Waals surface area contributed by atoms with Crippen molar-refractivity contribution in [1.82, 2.24) is 4.90 Å². The monoisotopic (exact) mass is 680 g/mol. The van der Waals surface area contributed by atoms with Crippen molar-refractivity contribution in [3.8, 4) is 17.6 Å². The quantitative estimate of drug-likeness (QED) is 0.148. The molecule has 8 nitrogen and oxygen atoms in total. The van der Waals surface area contributed by atoms with Gasteiger partial charge in [0.25, 0.3) is 0 Å². The first-order valence-corrected chi connectivity index (χ1v) is 17.6. The molecule has 3 aliphatic rings. The molecule has 4 N–H and O–H groups in total. The topological polar surface area (TPSA) is 106 Å². The molecule has 1 aliphatic carbocycles. The fraction of sp³-hybridized carbons (Fsp3) is 0.500. The van der Waals surface area contributed by atoms with E-state index in [-0.39, 0.29) is 34.5 Å². The maximum Gasteiger partial charge on any atom is 0.393 e. The van der Waals surface area contributed by atoms with Gasteiger partial charge in [-0.1, -0.05) is 24.0 Å². The Hall–Kier alpha value is -3.09. The highest BCUT2D eigenvalue weighted by atomic mass is 32.2. The molecule has 3 heterocycles. The molecular weight excluding hydrogens is 645 g/mol. The Morgan fingerprint density at radius 3 is 2.61 bits per heavy atom. The SMILES string of the molecule is NS(=O)(=O)c1ccc(NCC#Cc2sc3c(NC4CCCC(N5CC6(COC6)C5)CC4)cccc3c2CC(F)(F)F)c(OCF)c1. The Bertz CT molecular complexity index is 1740. The lowest BCUT2D eigenvalue weighted by molar-refractivity contribution is -0.199. The van der Waals surface area contributed by atoms with Crippen molar-refractivity contribution < 1.29 is 35.5 Å². The molecule has 0 radical (unpaired) electrons. The number of ether oxygens (including phenoxy) is 2. The molecule has 2 atom stereocenters. The highest BCUT2D eigenvalue weighted by Crippen LogP contribution is 2.42. The van der Waals surface area contributed by atoms with Gasteiger partial charge in [0.05, 0.1) is 52.0 Å². The number of nitrogens with zero attached hydrogens (tertiary/aromatic N) is 1. The van der Waals surface area contributed by atoms with Crippen molar-refractivity contribution in [3.05, 3.63) is 46.8 Å². The summed E-state index contributed by atoms with van der Waals surface area (Å²) in [5.74, 6) is 5.68. The zero-order chi connectivity index (χ0) is 32.5. The third kappa shape index (κ3) is 7.39.